The molecule has 1 aromatic carbocycles. The third-order valence-corrected chi connectivity index (χ3v) is 4.18. The summed E-state index contributed by atoms with van der Waals surface area (Å²) in [4.78, 5) is 12.0. The van der Waals surface area contributed by atoms with Crippen LogP contribution in [0.3, 0.4) is 0 Å². The van der Waals surface area contributed by atoms with Crippen molar-refractivity contribution in [3.63, 3.8) is 0 Å². The van der Waals surface area contributed by atoms with Gasteiger partial charge < -0.3 is 15.2 Å². The number of fused-ring (bicyclic) bond motifs is 1. The molecule has 1 fully saturated rings. The normalized spacial score (nSPS) is 18.8. The number of piperidine rings is 1. The lowest BCUT2D eigenvalue weighted by Gasteiger charge is -2.22. The fourth-order valence-corrected chi connectivity index (χ4v) is 3.00. The van der Waals surface area contributed by atoms with Gasteiger partial charge in [0, 0.05) is 24.8 Å². The van der Waals surface area contributed by atoms with E-state index >= 15 is 0 Å². The van der Waals surface area contributed by atoms with Crippen LogP contribution in [0.2, 0.25) is 0 Å². The molecule has 2 aromatic rings. The van der Waals surface area contributed by atoms with Gasteiger partial charge >= 0.3 is 0 Å². The average molecular weight is 285 g/mol. The summed E-state index contributed by atoms with van der Waals surface area (Å²) >= 11 is 0. The van der Waals surface area contributed by atoms with Crippen molar-refractivity contribution in [2.45, 2.75) is 38.3 Å². The van der Waals surface area contributed by atoms with E-state index in [1.54, 1.807) is 0 Å². The third kappa shape index (κ3) is 3.45. The molecule has 1 saturated heterocycles. The van der Waals surface area contributed by atoms with Gasteiger partial charge in [-0.3, -0.25) is 4.79 Å². The molecular weight excluding hydrogens is 262 g/mol. The summed E-state index contributed by atoms with van der Waals surface area (Å²) in [6.07, 6.45) is 6.38. The molecule has 1 atom stereocenters. The zero-order valence-electron chi connectivity index (χ0n) is 12.3. The first-order valence-corrected chi connectivity index (χ1v) is 7.89. The molecule has 0 spiro atoms. The van der Waals surface area contributed by atoms with Crippen LogP contribution in [-0.2, 0) is 11.3 Å². The van der Waals surface area contributed by atoms with Crippen LogP contribution in [0.4, 0.5) is 0 Å². The quantitative estimate of drug-likeness (QED) is 0.828. The molecule has 4 heteroatoms. The molecule has 1 amide bonds. The second kappa shape index (κ2) is 6.76. The zero-order valence-corrected chi connectivity index (χ0v) is 12.3. The molecule has 1 aromatic heterocycles. The molecule has 0 unspecified atom stereocenters. The molecular formula is C17H23N3O. The lowest BCUT2D eigenvalue weighted by Crippen LogP contribution is -2.46. The second-order valence-corrected chi connectivity index (χ2v) is 5.72. The molecule has 0 saturated carbocycles. The first-order chi connectivity index (χ1) is 10.3. The van der Waals surface area contributed by atoms with Crippen LogP contribution < -0.4 is 10.6 Å². The number of carbonyl (C=O) groups is 1. The predicted molar refractivity (Wildman–Crippen MR) is 85.2 cm³/mol. The summed E-state index contributed by atoms with van der Waals surface area (Å²) in [5.74, 6) is 0.159. The number of hydrogen-bond acceptors (Lipinski definition) is 2. The second-order valence-electron chi connectivity index (χ2n) is 5.72. The minimum Gasteiger partial charge on any atom is -0.355 e. The van der Waals surface area contributed by atoms with Crippen LogP contribution in [0.25, 0.3) is 10.9 Å². The van der Waals surface area contributed by atoms with Gasteiger partial charge in [-0.05, 0) is 43.3 Å². The third-order valence-electron chi connectivity index (χ3n) is 4.18. The van der Waals surface area contributed by atoms with Crippen LogP contribution in [0.5, 0.6) is 0 Å². The first-order valence-electron chi connectivity index (χ1n) is 7.89. The largest absolute Gasteiger partial charge is 0.355 e. The number of rotatable bonds is 5. The Balaban J connectivity index is 1.44. The molecule has 1 aliphatic rings. The van der Waals surface area contributed by atoms with Crippen molar-refractivity contribution in [2.24, 2.45) is 0 Å². The van der Waals surface area contributed by atoms with E-state index in [2.05, 4.69) is 51.7 Å². The summed E-state index contributed by atoms with van der Waals surface area (Å²) in [6, 6.07) is 10.5. The SMILES string of the molecule is O=C(NCCCn1ccc2ccccc21)[C@H]1CCCCN1. The summed E-state index contributed by atoms with van der Waals surface area (Å²) in [5, 5.41) is 7.60. The fraction of sp³-hybridized carbons (Fsp3) is 0.471. The molecule has 2 N–H and O–H groups in total. The van der Waals surface area contributed by atoms with Crippen molar-refractivity contribution in [3.05, 3.63) is 36.5 Å². The number of carbonyl (C=O) groups excluding carboxylic acids is 1. The molecule has 4 nitrogen and oxygen atoms in total. The van der Waals surface area contributed by atoms with E-state index in [-0.39, 0.29) is 11.9 Å². The lowest BCUT2D eigenvalue weighted by molar-refractivity contribution is -0.123. The standard InChI is InChI=1S/C17H23N3O/c21-17(15-7-3-4-10-18-15)19-11-5-12-20-13-9-14-6-1-2-8-16(14)20/h1-2,6,8-9,13,15,18H,3-5,7,10-12H2,(H,19,21)/t15-/m1/s1. The number of amides is 1. The minimum atomic E-state index is 0.0196. The highest BCUT2D eigenvalue weighted by Crippen LogP contribution is 2.15. The van der Waals surface area contributed by atoms with Crippen LogP contribution >= 0.6 is 0 Å². The molecule has 2 heterocycles. The van der Waals surface area contributed by atoms with E-state index in [4.69, 9.17) is 0 Å². The summed E-state index contributed by atoms with van der Waals surface area (Å²) in [7, 11) is 0. The van der Waals surface area contributed by atoms with Crippen LogP contribution in [0.1, 0.15) is 25.7 Å². The van der Waals surface area contributed by atoms with Crippen molar-refractivity contribution < 1.29 is 4.79 Å². The van der Waals surface area contributed by atoms with Crippen molar-refractivity contribution >= 4 is 16.8 Å². The van der Waals surface area contributed by atoms with E-state index in [1.807, 2.05) is 0 Å². The minimum absolute atomic E-state index is 0.0196. The predicted octanol–water partition coefficient (Wildman–Crippen LogP) is 2.29. The van der Waals surface area contributed by atoms with E-state index in [0.29, 0.717) is 0 Å². The Morgan fingerprint density at radius 3 is 3.05 bits per heavy atom. The Morgan fingerprint density at radius 1 is 1.29 bits per heavy atom. The van der Waals surface area contributed by atoms with Crippen LogP contribution in [0, 0.1) is 0 Å². The van der Waals surface area contributed by atoms with E-state index in [0.717, 1.165) is 38.9 Å². The van der Waals surface area contributed by atoms with Crippen molar-refractivity contribution in [1.82, 2.24) is 15.2 Å². The van der Waals surface area contributed by atoms with Gasteiger partial charge in [0.15, 0.2) is 0 Å². The topological polar surface area (TPSA) is 46.1 Å². The molecule has 112 valence electrons. The van der Waals surface area contributed by atoms with Crippen molar-refractivity contribution in [1.29, 1.82) is 0 Å². The maximum atomic E-state index is 12.0. The Hall–Kier alpha value is -1.81. The number of aromatic nitrogens is 1. The Bertz CT molecular complexity index is 599. The maximum Gasteiger partial charge on any atom is 0.237 e. The number of nitrogens with one attached hydrogen (secondary N) is 2. The molecule has 0 bridgehead atoms. The maximum absolute atomic E-state index is 12.0. The Labute approximate surface area is 125 Å². The smallest absolute Gasteiger partial charge is 0.237 e. The van der Waals surface area contributed by atoms with E-state index < -0.39 is 0 Å². The van der Waals surface area contributed by atoms with Gasteiger partial charge in [-0.1, -0.05) is 24.6 Å². The summed E-state index contributed by atoms with van der Waals surface area (Å²) in [5.41, 5.74) is 1.26. The van der Waals surface area contributed by atoms with Gasteiger partial charge in [0.05, 0.1) is 6.04 Å². The fourth-order valence-electron chi connectivity index (χ4n) is 3.00. The van der Waals surface area contributed by atoms with Crippen molar-refractivity contribution in [2.75, 3.05) is 13.1 Å². The van der Waals surface area contributed by atoms with Gasteiger partial charge in [0.25, 0.3) is 0 Å². The van der Waals surface area contributed by atoms with Gasteiger partial charge in [-0.15, -0.1) is 0 Å². The van der Waals surface area contributed by atoms with Gasteiger partial charge in [0.1, 0.15) is 0 Å². The van der Waals surface area contributed by atoms with Crippen LogP contribution in [-0.4, -0.2) is 29.6 Å². The van der Waals surface area contributed by atoms with Gasteiger partial charge in [-0.2, -0.15) is 0 Å². The number of benzene rings is 1. The molecule has 0 aliphatic carbocycles. The van der Waals surface area contributed by atoms with Crippen molar-refractivity contribution in [3.8, 4) is 0 Å². The van der Waals surface area contributed by atoms with E-state index in [9.17, 15) is 4.79 Å². The Kier molecular flexibility index (Phi) is 4.55. The monoisotopic (exact) mass is 285 g/mol. The number of aryl methyl sites for hydroxylation is 1. The molecule has 0 radical (unpaired) electrons. The highest BCUT2D eigenvalue weighted by Gasteiger charge is 2.19. The number of para-hydroxylation sites is 1. The molecule has 1 aliphatic heterocycles. The molecule has 21 heavy (non-hydrogen) atoms. The molecule has 3 rings (SSSR count). The zero-order chi connectivity index (χ0) is 14.5. The van der Waals surface area contributed by atoms with Gasteiger partial charge in [-0.25, -0.2) is 0 Å². The highest BCUT2D eigenvalue weighted by molar-refractivity contribution is 5.81. The van der Waals surface area contributed by atoms with Crippen LogP contribution in [0.15, 0.2) is 36.5 Å². The summed E-state index contributed by atoms with van der Waals surface area (Å²) in [6.45, 7) is 2.64. The highest BCUT2D eigenvalue weighted by atomic mass is 16.2. The number of nitrogens with zero attached hydrogens (tertiary/aromatic N) is 1. The first kappa shape index (κ1) is 14.1. The summed E-state index contributed by atoms with van der Waals surface area (Å²) < 4.78 is 2.25. The number of hydrogen-bond donors (Lipinski definition) is 2. The van der Waals surface area contributed by atoms with Gasteiger partial charge in [0.2, 0.25) is 5.91 Å². The average Bonchev–Trinajstić information content (AvgIpc) is 2.95. The van der Waals surface area contributed by atoms with E-state index in [1.165, 1.54) is 17.3 Å². The lowest BCUT2D eigenvalue weighted by atomic mass is 10.0. The Morgan fingerprint density at radius 2 is 2.19 bits per heavy atom.